The fraction of sp³-hybridized carbons (Fsp3) is 0.211. The third-order valence-corrected chi connectivity index (χ3v) is 4.52. The van der Waals surface area contributed by atoms with E-state index in [1.54, 1.807) is 13.3 Å². The predicted molar refractivity (Wildman–Crippen MR) is 101 cm³/mol. The van der Waals surface area contributed by atoms with Crippen molar-refractivity contribution in [3.8, 4) is 5.75 Å². The van der Waals surface area contributed by atoms with Crippen molar-refractivity contribution in [2.45, 2.75) is 13.8 Å². The molecule has 0 radical (unpaired) electrons. The average molecular weight is 343 g/mol. The zero-order valence-electron chi connectivity index (χ0n) is 14.3. The number of ether oxygens (including phenoxy) is 2. The van der Waals surface area contributed by atoms with Crippen LogP contribution in [0.5, 0.6) is 5.75 Å². The molecule has 0 aliphatic heterocycles. The van der Waals surface area contributed by atoms with E-state index in [9.17, 15) is 4.79 Å². The van der Waals surface area contributed by atoms with Crippen molar-refractivity contribution in [3.05, 3.63) is 65.2 Å². The number of carbonyl (C=O) groups is 1. The summed E-state index contributed by atoms with van der Waals surface area (Å²) in [5, 5.41) is 0.807. The van der Waals surface area contributed by atoms with Crippen LogP contribution in [0.1, 0.15) is 24.2 Å². The van der Waals surface area contributed by atoms with Gasteiger partial charge in [-0.1, -0.05) is 24.3 Å². The molecule has 1 aromatic carbocycles. The van der Waals surface area contributed by atoms with E-state index >= 15 is 0 Å². The topological polar surface area (TPSA) is 40.5 Å². The maximum atomic E-state index is 12.1. The van der Waals surface area contributed by atoms with E-state index in [2.05, 4.69) is 0 Å². The molecule has 2 aromatic rings. The number of benzene rings is 1. The first-order valence-corrected chi connectivity index (χ1v) is 8.33. The first kappa shape index (κ1) is 17.9. The maximum absolute atomic E-state index is 12.1. The molecule has 24 heavy (non-hydrogen) atoms. The monoisotopic (exact) mass is 343 g/mol. The molecule has 0 saturated heterocycles. The lowest BCUT2D eigenvalue weighted by Gasteiger charge is -2.05. The molecule has 1 aromatic heterocycles. The highest BCUT2D eigenvalue weighted by molar-refractivity contribution is 8.02. The molecule has 0 aliphatic carbocycles. The van der Waals surface area contributed by atoms with E-state index in [4.69, 9.17) is 9.47 Å². The summed E-state index contributed by atoms with van der Waals surface area (Å²) in [6.07, 6.45) is 11.8. The fourth-order valence-corrected chi connectivity index (χ4v) is 3.10. The van der Waals surface area contributed by atoms with Gasteiger partial charge in [-0.3, -0.25) is 3.97 Å². The predicted octanol–water partition coefficient (Wildman–Crippen LogP) is 4.97. The Hall–Kier alpha value is -2.40. The van der Waals surface area contributed by atoms with Crippen molar-refractivity contribution >= 4 is 28.8 Å². The van der Waals surface area contributed by atoms with Gasteiger partial charge in [-0.05, 0) is 50.1 Å². The van der Waals surface area contributed by atoms with E-state index in [0.717, 1.165) is 15.8 Å². The molecule has 0 N–H and O–H groups in total. The summed E-state index contributed by atoms with van der Waals surface area (Å²) in [6.45, 7) is 3.96. The van der Waals surface area contributed by atoms with Crippen molar-refractivity contribution in [1.82, 2.24) is 3.97 Å². The first-order valence-electron chi connectivity index (χ1n) is 7.56. The minimum absolute atomic E-state index is 0.362. The number of rotatable bonds is 6. The fourth-order valence-electron chi connectivity index (χ4n) is 2.21. The van der Waals surface area contributed by atoms with Crippen molar-refractivity contribution in [1.29, 1.82) is 0 Å². The summed E-state index contributed by atoms with van der Waals surface area (Å²) in [7, 11) is 2.99. The summed E-state index contributed by atoms with van der Waals surface area (Å²) in [5.74, 6) is 0.341. The van der Waals surface area contributed by atoms with E-state index in [0.29, 0.717) is 11.3 Å². The number of fused-ring (bicyclic) bond motifs is 1. The lowest BCUT2D eigenvalue weighted by atomic mass is 10.1. The van der Waals surface area contributed by atoms with E-state index in [-0.39, 0.29) is 5.97 Å². The van der Waals surface area contributed by atoms with Gasteiger partial charge in [-0.2, -0.15) is 0 Å². The molecule has 0 amide bonds. The van der Waals surface area contributed by atoms with E-state index in [1.165, 1.54) is 19.1 Å². The Balaban J connectivity index is 2.48. The third-order valence-electron chi connectivity index (χ3n) is 3.44. The van der Waals surface area contributed by atoms with Gasteiger partial charge >= 0.3 is 5.97 Å². The van der Waals surface area contributed by atoms with Crippen LogP contribution in [0.4, 0.5) is 0 Å². The Bertz CT molecular complexity index is 815. The number of methoxy groups -OCH3 is 2. The maximum Gasteiger partial charge on any atom is 0.340 e. The van der Waals surface area contributed by atoms with E-state index < -0.39 is 0 Å². The van der Waals surface area contributed by atoms with Crippen LogP contribution in [0.15, 0.2) is 59.7 Å². The quantitative estimate of drug-likeness (QED) is 0.548. The van der Waals surface area contributed by atoms with E-state index in [1.807, 2.05) is 66.4 Å². The molecule has 1 heterocycles. The van der Waals surface area contributed by atoms with Gasteiger partial charge in [0.15, 0.2) is 0 Å². The van der Waals surface area contributed by atoms with Crippen LogP contribution in [0.2, 0.25) is 0 Å². The number of aromatic nitrogens is 1. The zero-order chi connectivity index (χ0) is 17.5. The number of allylic oxidation sites excluding steroid dienone is 5. The minimum Gasteiger partial charge on any atom is -0.497 e. The summed E-state index contributed by atoms with van der Waals surface area (Å²) in [4.78, 5) is 13.2. The summed E-state index contributed by atoms with van der Waals surface area (Å²) in [5.41, 5.74) is 1.45. The van der Waals surface area contributed by atoms with Crippen molar-refractivity contribution in [2.24, 2.45) is 0 Å². The van der Waals surface area contributed by atoms with Crippen LogP contribution >= 0.6 is 11.9 Å². The molecule has 0 fully saturated rings. The van der Waals surface area contributed by atoms with Gasteiger partial charge in [0, 0.05) is 16.5 Å². The third kappa shape index (κ3) is 3.92. The van der Waals surface area contributed by atoms with Gasteiger partial charge in [-0.25, -0.2) is 4.79 Å². The van der Waals surface area contributed by atoms with Gasteiger partial charge < -0.3 is 9.47 Å². The van der Waals surface area contributed by atoms with Crippen molar-refractivity contribution in [2.75, 3.05) is 14.2 Å². The first-order chi connectivity index (χ1) is 11.6. The summed E-state index contributed by atoms with van der Waals surface area (Å²) < 4.78 is 12.1. The number of hydrogen-bond donors (Lipinski definition) is 0. The van der Waals surface area contributed by atoms with Crippen LogP contribution in [-0.4, -0.2) is 24.2 Å². The molecule has 126 valence electrons. The number of nitrogens with zero attached hydrogens (tertiary/aromatic N) is 1. The Morgan fingerprint density at radius 2 is 2.00 bits per heavy atom. The Morgan fingerprint density at radius 3 is 2.62 bits per heavy atom. The van der Waals surface area contributed by atoms with Crippen LogP contribution < -0.4 is 4.74 Å². The largest absolute Gasteiger partial charge is 0.497 e. The standard InChI is InChI=1S/C19H21NO3S/c1-5-7-8-9-15(6-2)24-20-13-17(19(21)23-4)16-12-14(22-3)10-11-18(16)20/h5-13H,1-4H3/b7-5-,9-8-,15-6+. The number of hydrogen-bond acceptors (Lipinski definition) is 4. The van der Waals surface area contributed by atoms with Crippen LogP contribution in [-0.2, 0) is 4.74 Å². The normalized spacial score (nSPS) is 12.4. The highest BCUT2D eigenvalue weighted by atomic mass is 32.2. The Kier molecular flexibility index (Phi) is 6.32. The molecule has 0 spiro atoms. The lowest BCUT2D eigenvalue weighted by Crippen LogP contribution is -1.99. The molecular formula is C19H21NO3S. The average Bonchev–Trinajstić information content (AvgIpc) is 2.97. The van der Waals surface area contributed by atoms with Crippen LogP contribution in [0.3, 0.4) is 0 Å². The van der Waals surface area contributed by atoms with Gasteiger partial charge in [0.25, 0.3) is 0 Å². The molecule has 0 bridgehead atoms. The molecule has 0 aliphatic rings. The smallest absolute Gasteiger partial charge is 0.340 e. The highest BCUT2D eigenvalue weighted by Gasteiger charge is 2.17. The van der Waals surface area contributed by atoms with Gasteiger partial charge in [0.05, 0.1) is 25.3 Å². The molecule has 0 saturated carbocycles. The lowest BCUT2D eigenvalue weighted by molar-refractivity contribution is 0.0603. The second kappa shape index (κ2) is 8.45. The van der Waals surface area contributed by atoms with Crippen molar-refractivity contribution in [3.63, 3.8) is 0 Å². The SMILES string of the molecule is C\C=C/C=C\C(=C/C)Sn1cc(C(=O)OC)c2cc(OC)ccc21. The molecule has 0 unspecified atom stereocenters. The minimum atomic E-state index is -0.362. The molecular weight excluding hydrogens is 322 g/mol. The molecule has 5 heteroatoms. The summed E-state index contributed by atoms with van der Waals surface area (Å²) in [6, 6.07) is 5.67. The second-order valence-electron chi connectivity index (χ2n) is 4.91. The Labute approximate surface area is 146 Å². The Morgan fingerprint density at radius 1 is 1.21 bits per heavy atom. The van der Waals surface area contributed by atoms with Gasteiger partial charge in [0.1, 0.15) is 5.75 Å². The molecule has 0 atom stereocenters. The van der Waals surface area contributed by atoms with Crippen molar-refractivity contribution < 1.29 is 14.3 Å². The molecule has 2 rings (SSSR count). The number of carbonyl (C=O) groups excluding carboxylic acids is 1. The van der Waals surface area contributed by atoms with Gasteiger partial charge in [0.2, 0.25) is 0 Å². The number of esters is 1. The highest BCUT2D eigenvalue weighted by Crippen LogP contribution is 2.32. The van der Waals surface area contributed by atoms with Crippen LogP contribution in [0, 0.1) is 0 Å². The summed E-state index contributed by atoms with van der Waals surface area (Å²) >= 11 is 1.54. The second-order valence-corrected chi connectivity index (χ2v) is 5.96. The van der Waals surface area contributed by atoms with Crippen LogP contribution in [0.25, 0.3) is 10.9 Å². The van der Waals surface area contributed by atoms with Gasteiger partial charge in [-0.15, -0.1) is 0 Å². The zero-order valence-corrected chi connectivity index (χ0v) is 15.1. The molecule has 4 nitrogen and oxygen atoms in total.